The molecule has 0 spiro atoms. The van der Waals surface area contributed by atoms with Crippen LogP contribution in [-0.4, -0.2) is 15.2 Å². The van der Waals surface area contributed by atoms with Crippen LogP contribution in [0.5, 0.6) is 0 Å². The monoisotopic (exact) mass is 306 g/mol. The maximum Gasteiger partial charge on any atom is 0.277 e. The lowest BCUT2D eigenvalue weighted by molar-refractivity contribution is 0.414. The molecule has 2 N–H and O–H groups in total. The second kappa shape index (κ2) is 6.06. The third-order valence-electron chi connectivity index (χ3n) is 2.62. The predicted octanol–water partition coefficient (Wildman–Crippen LogP) is 2.61. The maximum absolute atomic E-state index is 12.9. The molecule has 0 aliphatic carbocycles. The number of halogens is 1. The van der Waals surface area contributed by atoms with Gasteiger partial charge in [0.05, 0.1) is 18.5 Å². The highest BCUT2D eigenvalue weighted by Gasteiger charge is 2.10. The van der Waals surface area contributed by atoms with Crippen molar-refractivity contribution >= 4 is 11.8 Å². The molecule has 6 nitrogen and oxygen atoms in total. The second-order valence-corrected chi connectivity index (χ2v) is 5.01. The fraction of sp³-hybridized carbons (Fsp3) is 0.154. The molecule has 0 amide bonds. The molecule has 0 atom stereocenters. The molecule has 8 heteroatoms. The van der Waals surface area contributed by atoms with Crippen LogP contribution in [0, 0.1) is 5.82 Å². The Balaban J connectivity index is 1.66. The summed E-state index contributed by atoms with van der Waals surface area (Å²) >= 11 is 1.31. The minimum Gasteiger partial charge on any atom is -0.440 e. The molecular weight excluding hydrogens is 295 g/mol. The molecule has 2 aromatic heterocycles. The van der Waals surface area contributed by atoms with Gasteiger partial charge < -0.3 is 14.6 Å². The van der Waals surface area contributed by atoms with E-state index < -0.39 is 0 Å². The van der Waals surface area contributed by atoms with Gasteiger partial charge in [0.1, 0.15) is 5.82 Å². The summed E-state index contributed by atoms with van der Waals surface area (Å²) in [4.78, 5) is 4.16. The van der Waals surface area contributed by atoms with Crippen LogP contribution in [0.15, 0.2) is 44.5 Å². The van der Waals surface area contributed by atoms with Gasteiger partial charge in [-0.2, -0.15) is 0 Å². The molecule has 3 rings (SSSR count). The smallest absolute Gasteiger partial charge is 0.277 e. The zero-order valence-electron chi connectivity index (χ0n) is 10.8. The van der Waals surface area contributed by atoms with Gasteiger partial charge in [0.15, 0.2) is 5.76 Å². The summed E-state index contributed by atoms with van der Waals surface area (Å²) < 4.78 is 23.7. The SMILES string of the molecule is NCc1nnc(SCc2ncc(-c3ccc(F)cc3)o2)o1. The number of thioether (sulfide) groups is 1. The average Bonchev–Trinajstić information content (AvgIpc) is 3.15. The van der Waals surface area contributed by atoms with E-state index >= 15 is 0 Å². The van der Waals surface area contributed by atoms with Crippen molar-refractivity contribution in [2.45, 2.75) is 17.5 Å². The van der Waals surface area contributed by atoms with Crippen molar-refractivity contribution in [3.8, 4) is 11.3 Å². The first-order valence-electron chi connectivity index (χ1n) is 6.10. The Bertz CT molecular complexity index is 726. The molecule has 0 bridgehead atoms. The normalized spacial score (nSPS) is 11.0. The lowest BCUT2D eigenvalue weighted by Crippen LogP contribution is -1.95. The van der Waals surface area contributed by atoms with E-state index in [0.717, 1.165) is 5.56 Å². The van der Waals surface area contributed by atoms with Crippen molar-refractivity contribution in [2.24, 2.45) is 5.73 Å². The molecule has 0 aliphatic rings. The fourth-order valence-electron chi connectivity index (χ4n) is 1.63. The van der Waals surface area contributed by atoms with Crippen molar-refractivity contribution in [2.75, 3.05) is 0 Å². The minimum atomic E-state index is -0.291. The molecule has 0 radical (unpaired) electrons. The highest BCUT2D eigenvalue weighted by Crippen LogP contribution is 2.25. The summed E-state index contributed by atoms with van der Waals surface area (Å²) in [6.07, 6.45) is 1.60. The highest BCUT2D eigenvalue weighted by molar-refractivity contribution is 7.98. The summed E-state index contributed by atoms with van der Waals surface area (Å²) in [7, 11) is 0. The van der Waals surface area contributed by atoms with Gasteiger partial charge in [-0.05, 0) is 24.3 Å². The van der Waals surface area contributed by atoms with Gasteiger partial charge in [0, 0.05) is 5.56 Å². The van der Waals surface area contributed by atoms with Crippen LogP contribution in [0.2, 0.25) is 0 Å². The third kappa shape index (κ3) is 3.29. The number of hydrogen-bond acceptors (Lipinski definition) is 7. The predicted molar refractivity (Wildman–Crippen MR) is 73.6 cm³/mol. The molecule has 2 heterocycles. The first-order chi connectivity index (χ1) is 10.2. The third-order valence-corrected chi connectivity index (χ3v) is 3.43. The van der Waals surface area contributed by atoms with Gasteiger partial charge in [0.25, 0.3) is 5.22 Å². The topological polar surface area (TPSA) is 91.0 Å². The number of oxazole rings is 1. The molecule has 0 saturated carbocycles. The minimum absolute atomic E-state index is 0.210. The van der Waals surface area contributed by atoms with Crippen LogP contribution in [0.3, 0.4) is 0 Å². The largest absolute Gasteiger partial charge is 0.440 e. The van der Waals surface area contributed by atoms with Gasteiger partial charge in [-0.15, -0.1) is 10.2 Å². The van der Waals surface area contributed by atoms with Gasteiger partial charge >= 0.3 is 0 Å². The summed E-state index contributed by atoms with van der Waals surface area (Å²) in [5, 5.41) is 8.00. The molecule has 0 fully saturated rings. The van der Waals surface area contributed by atoms with Crippen LogP contribution in [-0.2, 0) is 12.3 Å². The Hall–Kier alpha value is -2.19. The Morgan fingerprint density at radius 2 is 1.90 bits per heavy atom. The summed E-state index contributed by atoms with van der Waals surface area (Å²) in [5.41, 5.74) is 6.15. The van der Waals surface area contributed by atoms with Crippen molar-refractivity contribution < 1.29 is 13.2 Å². The molecule has 0 unspecified atom stereocenters. The number of nitrogens with two attached hydrogens (primary N) is 1. The summed E-state index contributed by atoms with van der Waals surface area (Å²) in [6.45, 7) is 0.210. The van der Waals surface area contributed by atoms with Crippen molar-refractivity contribution in [1.82, 2.24) is 15.2 Å². The first-order valence-corrected chi connectivity index (χ1v) is 7.09. The maximum atomic E-state index is 12.9. The molecular formula is C13H11FN4O2S. The van der Waals surface area contributed by atoms with E-state index in [0.29, 0.717) is 28.5 Å². The zero-order valence-corrected chi connectivity index (χ0v) is 11.6. The van der Waals surface area contributed by atoms with E-state index in [1.165, 1.54) is 23.9 Å². The van der Waals surface area contributed by atoms with E-state index in [1.807, 2.05) is 0 Å². The second-order valence-electron chi connectivity index (χ2n) is 4.08. The van der Waals surface area contributed by atoms with Crippen LogP contribution in [0.4, 0.5) is 4.39 Å². The van der Waals surface area contributed by atoms with Crippen LogP contribution < -0.4 is 5.73 Å². The Kier molecular flexibility index (Phi) is 3.98. The Labute approximate surface area is 123 Å². The van der Waals surface area contributed by atoms with Crippen molar-refractivity contribution in [3.05, 3.63) is 48.1 Å². The highest BCUT2D eigenvalue weighted by atomic mass is 32.2. The molecule has 108 valence electrons. The van der Waals surface area contributed by atoms with Crippen LogP contribution in [0.1, 0.15) is 11.8 Å². The van der Waals surface area contributed by atoms with E-state index in [4.69, 9.17) is 14.6 Å². The van der Waals surface area contributed by atoms with E-state index in [1.54, 1.807) is 18.3 Å². The molecule has 1 aromatic carbocycles. The fourth-order valence-corrected chi connectivity index (χ4v) is 2.26. The number of rotatable bonds is 5. The summed E-state index contributed by atoms with van der Waals surface area (Å²) in [6, 6.07) is 6.02. The van der Waals surface area contributed by atoms with Gasteiger partial charge in [0.2, 0.25) is 11.8 Å². The quantitative estimate of drug-likeness (QED) is 0.724. The van der Waals surface area contributed by atoms with E-state index in [-0.39, 0.29) is 12.4 Å². The summed E-state index contributed by atoms with van der Waals surface area (Å²) in [5.74, 6) is 1.65. The number of hydrogen-bond donors (Lipinski definition) is 1. The number of aromatic nitrogens is 3. The van der Waals surface area contributed by atoms with E-state index in [9.17, 15) is 4.39 Å². The Morgan fingerprint density at radius 1 is 1.10 bits per heavy atom. The average molecular weight is 306 g/mol. The number of nitrogens with zero attached hydrogens (tertiary/aromatic N) is 3. The van der Waals surface area contributed by atoms with Crippen molar-refractivity contribution in [1.29, 1.82) is 0 Å². The molecule has 0 saturated heterocycles. The molecule has 0 aliphatic heterocycles. The first kappa shape index (κ1) is 13.8. The van der Waals surface area contributed by atoms with Crippen molar-refractivity contribution in [3.63, 3.8) is 0 Å². The van der Waals surface area contributed by atoms with Gasteiger partial charge in [-0.25, -0.2) is 9.37 Å². The zero-order chi connectivity index (χ0) is 14.7. The number of benzene rings is 1. The van der Waals surface area contributed by atoms with E-state index in [2.05, 4.69) is 15.2 Å². The lowest BCUT2D eigenvalue weighted by atomic mass is 10.2. The van der Waals surface area contributed by atoms with Gasteiger partial charge in [-0.3, -0.25) is 0 Å². The standard InChI is InChI=1S/C13H11FN4O2S/c14-9-3-1-8(2-4-9)10-6-16-12(19-10)7-21-13-18-17-11(5-15)20-13/h1-4,6H,5,7,15H2. The van der Waals surface area contributed by atoms with Crippen LogP contribution in [0.25, 0.3) is 11.3 Å². The Morgan fingerprint density at radius 3 is 2.62 bits per heavy atom. The van der Waals surface area contributed by atoms with Crippen LogP contribution >= 0.6 is 11.8 Å². The molecule has 21 heavy (non-hydrogen) atoms. The molecule has 3 aromatic rings. The van der Waals surface area contributed by atoms with Gasteiger partial charge in [-0.1, -0.05) is 11.8 Å². The lowest BCUT2D eigenvalue weighted by Gasteiger charge is -1.95.